The van der Waals surface area contributed by atoms with Crippen molar-refractivity contribution in [3.63, 3.8) is 0 Å². The lowest BCUT2D eigenvalue weighted by molar-refractivity contribution is 0.0756. The SMILES string of the molecule is Cc1nc(C)c(C(=O)N2CCC(c3cc(=O)[nH]c(N(C)C)n3)C2)o1. The van der Waals surface area contributed by atoms with E-state index in [4.69, 9.17) is 4.42 Å². The van der Waals surface area contributed by atoms with Crippen molar-refractivity contribution in [1.82, 2.24) is 19.9 Å². The first-order chi connectivity index (χ1) is 11.3. The molecule has 3 rings (SSSR count). The summed E-state index contributed by atoms with van der Waals surface area (Å²) in [5.41, 5.74) is 1.13. The molecule has 1 fully saturated rings. The molecule has 24 heavy (non-hydrogen) atoms. The fraction of sp³-hybridized carbons (Fsp3) is 0.500. The van der Waals surface area contributed by atoms with Crippen molar-refractivity contribution in [2.75, 3.05) is 32.1 Å². The van der Waals surface area contributed by atoms with Crippen LogP contribution < -0.4 is 10.5 Å². The van der Waals surface area contributed by atoms with E-state index in [-0.39, 0.29) is 17.4 Å². The minimum absolute atomic E-state index is 0.0410. The number of rotatable bonds is 3. The van der Waals surface area contributed by atoms with Crippen LogP contribution in [0, 0.1) is 13.8 Å². The van der Waals surface area contributed by atoms with Gasteiger partial charge in [-0.1, -0.05) is 0 Å². The number of carbonyl (C=O) groups is 1. The highest BCUT2D eigenvalue weighted by molar-refractivity contribution is 5.92. The van der Waals surface area contributed by atoms with Crippen molar-refractivity contribution < 1.29 is 9.21 Å². The summed E-state index contributed by atoms with van der Waals surface area (Å²) in [7, 11) is 3.64. The van der Waals surface area contributed by atoms with Crippen LogP contribution in [0.15, 0.2) is 15.3 Å². The molecule has 3 heterocycles. The Hall–Kier alpha value is -2.64. The molecule has 8 heteroatoms. The predicted octanol–water partition coefficient (Wildman–Crippen LogP) is 1.07. The molecular formula is C16H21N5O3. The number of aryl methyl sites for hydroxylation is 2. The van der Waals surface area contributed by atoms with Crippen molar-refractivity contribution in [1.29, 1.82) is 0 Å². The molecular weight excluding hydrogens is 310 g/mol. The fourth-order valence-electron chi connectivity index (χ4n) is 2.94. The van der Waals surface area contributed by atoms with Gasteiger partial charge in [-0.25, -0.2) is 9.97 Å². The maximum Gasteiger partial charge on any atom is 0.291 e. The first kappa shape index (κ1) is 16.2. The molecule has 0 aliphatic carbocycles. The number of aromatic amines is 1. The van der Waals surface area contributed by atoms with E-state index < -0.39 is 0 Å². The van der Waals surface area contributed by atoms with Crippen LogP contribution in [0.2, 0.25) is 0 Å². The standard InChI is InChI=1S/C16H21N5O3/c1-9-14(24-10(2)17-9)15(23)21-6-5-11(8-21)12-7-13(22)19-16(18-12)20(3)4/h7,11H,5-6,8H2,1-4H3,(H,18,19,22). The van der Waals surface area contributed by atoms with Gasteiger partial charge in [0.1, 0.15) is 0 Å². The molecule has 1 amide bonds. The number of anilines is 1. The molecule has 0 aromatic carbocycles. The number of amides is 1. The molecule has 8 nitrogen and oxygen atoms in total. The summed E-state index contributed by atoms with van der Waals surface area (Å²) in [6.07, 6.45) is 0.765. The van der Waals surface area contributed by atoms with E-state index >= 15 is 0 Å². The Morgan fingerprint density at radius 3 is 2.75 bits per heavy atom. The lowest BCUT2D eigenvalue weighted by atomic mass is 10.1. The topological polar surface area (TPSA) is 95.3 Å². The van der Waals surface area contributed by atoms with Gasteiger partial charge in [-0.3, -0.25) is 14.6 Å². The highest BCUT2D eigenvalue weighted by atomic mass is 16.4. The van der Waals surface area contributed by atoms with Crippen molar-refractivity contribution in [2.45, 2.75) is 26.2 Å². The molecule has 2 aromatic heterocycles. The van der Waals surface area contributed by atoms with Crippen LogP contribution in [0.4, 0.5) is 5.95 Å². The Morgan fingerprint density at radius 1 is 1.38 bits per heavy atom. The summed E-state index contributed by atoms with van der Waals surface area (Å²) in [6.45, 7) is 4.61. The van der Waals surface area contributed by atoms with Crippen LogP contribution in [-0.2, 0) is 0 Å². The first-order valence-corrected chi connectivity index (χ1v) is 7.87. The summed E-state index contributed by atoms with van der Waals surface area (Å²) in [6, 6.07) is 1.51. The summed E-state index contributed by atoms with van der Waals surface area (Å²) in [5.74, 6) is 1.18. The number of oxazole rings is 1. The van der Waals surface area contributed by atoms with E-state index in [9.17, 15) is 9.59 Å². The third-order valence-corrected chi connectivity index (χ3v) is 4.16. The summed E-state index contributed by atoms with van der Waals surface area (Å²) < 4.78 is 5.42. The predicted molar refractivity (Wildman–Crippen MR) is 88.4 cm³/mol. The number of hydrogen-bond donors (Lipinski definition) is 1. The van der Waals surface area contributed by atoms with Gasteiger partial charge in [0.2, 0.25) is 11.7 Å². The smallest absolute Gasteiger partial charge is 0.291 e. The van der Waals surface area contributed by atoms with Crippen molar-refractivity contribution >= 4 is 11.9 Å². The molecule has 2 aromatic rings. The van der Waals surface area contributed by atoms with Gasteiger partial charge in [-0.15, -0.1) is 0 Å². The van der Waals surface area contributed by atoms with Crippen molar-refractivity contribution in [3.8, 4) is 0 Å². The lowest BCUT2D eigenvalue weighted by Gasteiger charge is -2.16. The van der Waals surface area contributed by atoms with Gasteiger partial charge in [0.05, 0.1) is 11.4 Å². The molecule has 1 aliphatic heterocycles. The number of likely N-dealkylation sites (tertiary alicyclic amines) is 1. The minimum Gasteiger partial charge on any atom is -0.436 e. The van der Waals surface area contributed by atoms with E-state index in [0.29, 0.717) is 42.1 Å². The summed E-state index contributed by atoms with van der Waals surface area (Å²) >= 11 is 0. The quantitative estimate of drug-likeness (QED) is 0.904. The average Bonchev–Trinajstić information content (AvgIpc) is 3.12. The number of nitrogens with one attached hydrogen (secondary N) is 1. The zero-order chi connectivity index (χ0) is 17.4. The fourth-order valence-corrected chi connectivity index (χ4v) is 2.94. The van der Waals surface area contributed by atoms with E-state index in [0.717, 1.165) is 6.42 Å². The third kappa shape index (κ3) is 3.04. The zero-order valence-corrected chi connectivity index (χ0v) is 14.3. The van der Waals surface area contributed by atoms with Gasteiger partial charge in [-0.05, 0) is 13.3 Å². The molecule has 1 aliphatic rings. The Balaban J connectivity index is 1.79. The average molecular weight is 331 g/mol. The van der Waals surface area contributed by atoms with Gasteiger partial charge < -0.3 is 14.2 Å². The van der Waals surface area contributed by atoms with Gasteiger partial charge in [0.25, 0.3) is 11.5 Å². The van der Waals surface area contributed by atoms with Gasteiger partial charge in [0, 0.05) is 46.1 Å². The highest BCUT2D eigenvalue weighted by Crippen LogP contribution is 2.27. The van der Waals surface area contributed by atoms with Crippen LogP contribution in [0.1, 0.15) is 40.2 Å². The molecule has 128 valence electrons. The lowest BCUT2D eigenvalue weighted by Crippen LogP contribution is -2.29. The van der Waals surface area contributed by atoms with Crippen LogP contribution >= 0.6 is 0 Å². The molecule has 0 spiro atoms. The molecule has 0 radical (unpaired) electrons. The van der Waals surface area contributed by atoms with Gasteiger partial charge in [0.15, 0.2) is 5.89 Å². The number of hydrogen-bond acceptors (Lipinski definition) is 6. The Bertz CT molecular complexity index is 823. The monoisotopic (exact) mass is 331 g/mol. The first-order valence-electron chi connectivity index (χ1n) is 7.87. The number of carbonyl (C=O) groups excluding carboxylic acids is 1. The van der Waals surface area contributed by atoms with E-state index in [1.165, 1.54) is 6.07 Å². The van der Waals surface area contributed by atoms with Crippen molar-refractivity contribution in [2.24, 2.45) is 0 Å². The maximum atomic E-state index is 12.6. The van der Waals surface area contributed by atoms with E-state index in [1.54, 1.807) is 23.6 Å². The Labute approximate surface area is 139 Å². The second-order valence-electron chi connectivity index (χ2n) is 6.27. The maximum absolute atomic E-state index is 12.6. The largest absolute Gasteiger partial charge is 0.436 e. The second-order valence-corrected chi connectivity index (χ2v) is 6.27. The Kier molecular flexibility index (Phi) is 4.13. The van der Waals surface area contributed by atoms with Crippen LogP contribution in [-0.4, -0.2) is 52.9 Å². The summed E-state index contributed by atoms with van der Waals surface area (Å²) in [5, 5.41) is 0. The highest BCUT2D eigenvalue weighted by Gasteiger charge is 2.31. The normalized spacial score (nSPS) is 17.3. The zero-order valence-electron chi connectivity index (χ0n) is 14.3. The number of aromatic nitrogens is 3. The van der Waals surface area contributed by atoms with Gasteiger partial charge >= 0.3 is 0 Å². The molecule has 1 N–H and O–H groups in total. The van der Waals surface area contributed by atoms with E-state index in [2.05, 4.69) is 15.0 Å². The number of H-pyrrole nitrogens is 1. The molecule has 0 saturated carbocycles. The Morgan fingerprint density at radius 2 is 2.12 bits per heavy atom. The van der Waals surface area contributed by atoms with Crippen LogP contribution in [0.25, 0.3) is 0 Å². The van der Waals surface area contributed by atoms with Crippen LogP contribution in [0.3, 0.4) is 0 Å². The third-order valence-electron chi connectivity index (χ3n) is 4.16. The molecule has 1 saturated heterocycles. The molecule has 1 atom stereocenters. The van der Waals surface area contributed by atoms with Gasteiger partial charge in [-0.2, -0.15) is 0 Å². The van der Waals surface area contributed by atoms with Crippen molar-refractivity contribution in [3.05, 3.63) is 39.5 Å². The van der Waals surface area contributed by atoms with E-state index in [1.807, 2.05) is 14.1 Å². The second kappa shape index (κ2) is 6.10. The summed E-state index contributed by atoms with van der Waals surface area (Å²) in [4.78, 5) is 39.3. The van der Waals surface area contributed by atoms with Crippen LogP contribution in [0.5, 0.6) is 0 Å². The minimum atomic E-state index is -0.185. The molecule has 1 unspecified atom stereocenters. The number of nitrogens with zero attached hydrogens (tertiary/aromatic N) is 4. The molecule has 0 bridgehead atoms.